The van der Waals surface area contributed by atoms with Crippen LogP contribution in [0.2, 0.25) is 0 Å². The summed E-state index contributed by atoms with van der Waals surface area (Å²) < 4.78 is 0. The number of hydrogen-bond acceptors (Lipinski definition) is 5. The minimum Gasteiger partial charge on any atom is -0.392 e. The van der Waals surface area contributed by atoms with Crippen LogP contribution < -0.4 is 10.2 Å². The minimum absolute atomic E-state index is 0.373. The van der Waals surface area contributed by atoms with E-state index in [0.29, 0.717) is 12.5 Å². The molecule has 0 amide bonds. The molecule has 0 aliphatic heterocycles. The predicted molar refractivity (Wildman–Crippen MR) is 65.9 cm³/mol. The average molecular weight is 224 g/mol. The van der Waals surface area contributed by atoms with Gasteiger partial charge in [-0.25, -0.2) is 4.98 Å². The van der Waals surface area contributed by atoms with Crippen molar-refractivity contribution in [3.8, 4) is 0 Å². The highest BCUT2D eigenvalue weighted by molar-refractivity contribution is 5.48. The zero-order valence-electron chi connectivity index (χ0n) is 10.4. The zero-order valence-corrected chi connectivity index (χ0v) is 10.4. The lowest BCUT2D eigenvalue weighted by atomic mass is 10.3. The molecule has 0 saturated carbocycles. The van der Waals surface area contributed by atoms with Gasteiger partial charge >= 0.3 is 0 Å². The first-order valence-electron chi connectivity index (χ1n) is 5.51. The summed E-state index contributed by atoms with van der Waals surface area (Å²) in [4.78, 5) is 10.5. The first-order chi connectivity index (χ1) is 7.54. The van der Waals surface area contributed by atoms with Gasteiger partial charge in [-0.05, 0) is 20.8 Å². The second kappa shape index (κ2) is 5.65. The number of nitrogens with zero attached hydrogens (tertiary/aromatic N) is 3. The Morgan fingerprint density at radius 1 is 1.56 bits per heavy atom. The number of hydrogen-bond donors (Lipinski definition) is 2. The van der Waals surface area contributed by atoms with Crippen LogP contribution in [0.3, 0.4) is 0 Å². The smallest absolute Gasteiger partial charge is 0.224 e. The predicted octanol–water partition coefficient (Wildman–Crippen LogP) is 1.03. The minimum atomic E-state index is -0.373. The molecule has 0 spiro atoms. The molecule has 16 heavy (non-hydrogen) atoms. The fraction of sp³-hybridized carbons (Fsp3) is 0.636. The summed E-state index contributed by atoms with van der Waals surface area (Å²) in [5.41, 5.74) is 1.00. The van der Waals surface area contributed by atoms with Gasteiger partial charge in [0.2, 0.25) is 5.95 Å². The molecule has 0 aromatic carbocycles. The van der Waals surface area contributed by atoms with Crippen LogP contribution in [0.4, 0.5) is 11.8 Å². The van der Waals surface area contributed by atoms with Gasteiger partial charge in [-0.2, -0.15) is 4.98 Å². The lowest BCUT2D eigenvalue weighted by Crippen LogP contribution is -2.28. The average Bonchev–Trinajstić information content (AvgIpc) is 2.20. The first-order valence-corrected chi connectivity index (χ1v) is 5.51. The summed E-state index contributed by atoms with van der Waals surface area (Å²) in [5.74, 6) is 1.48. The van der Waals surface area contributed by atoms with Gasteiger partial charge in [0.05, 0.1) is 6.10 Å². The third-order valence-corrected chi connectivity index (χ3v) is 2.18. The van der Waals surface area contributed by atoms with Gasteiger partial charge in [0.25, 0.3) is 0 Å². The van der Waals surface area contributed by atoms with Gasteiger partial charge in [0, 0.05) is 31.9 Å². The van der Waals surface area contributed by atoms with E-state index in [1.807, 2.05) is 25.8 Å². The van der Waals surface area contributed by atoms with Crippen molar-refractivity contribution in [2.24, 2.45) is 0 Å². The van der Waals surface area contributed by atoms with Crippen molar-refractivity contribution >= 4 is 11.8 Å². The lowest BCUT2D eigenvalue weighted by Gasteiger charge is -2.21. The maximum absolute atomic E-state index is 9.35. The van der Waals surface area contributed by atoms with Crippen LogP contribution in [-0.4, -0.2) is 41.3 Å². The van der Waals surface area contributed by atoms with Gasteiger partial charge in [-0.3, -0.25) is 0 Å². The molecule has 0 fully saturated rings. The van der Waals surface area contributed by atoms with Gasteiger partial charge in [-0.15, -0.1) is 0 Å². The van der Waals surface area contributed by atoms with Crippen LogP contribution in [0.25, 0.3) is 0 Å². The Kier molecular flexibility index (Phi) is 4.49. The molecule has 1 heterocycles. The molecular weight excluding hydrogens is 204 g/mol. The fourth-order valence-electron chi connectivity index (χ4n) is 1.55. The molecule has 5 nitrogen and oxygen atoms in total. The van der Waals surface area contributed by atoms with Crippen LogP contribution >= 0.6 is 0 Å². The Bertz CT molecular complexity index is 341. The number of aromatic nitrogens is 2. The van der Waals surface area contributed by atoms with Crippen LogP contribution in [0, 0.1) is 6.92 Å². The Hall–Kier alpha value is -1.36. The molecule has 1 aromatic rings. The molecule has 0 aliphatic rings. The molecule has 1 rings (SSSR count). The Labute approximate surface area is 96.5 Å². The van der Waals surface area contributed by atoms with Crippen molar-refractivity contribution in [3.05, 3.63) is 11.8 Å². The molecule has 0 radical (unpaired) electrons. The Morgan fingerprint density at radius 2 is 2.25 bits per heavy atom. The van der Waals surface area contributed by atoms with E-state index in [1.54, 1.807) is 13.1 Å². The number of aliphatic hydroxyl groups is 1. The number of likely N-dealkylation sites (N-methyl/N-ethyl adjacent to an activating group) is 1. The first kappa shape index (κ1) is 12.7. The van der Waals surface area contributed by atoms with Crippen molar-refractivity contribution in [1.82, 2.24) is 9.97 Å². The molecule has 90 valence electrons. The molecule has 0 aliphatic carbocycles. The van der Waals surface area contributed by atoms with Crippen LogP contribution in [0.5, 0.6) is 0 Å². The molecule has 1 atom stereocenters. The second-order valence-electron chi connectivity index (χ2n) is 3.96. The summed E-state index contributed by atoms with van der Waals surface area (Å²) in [6.45, 7) is 7.08. The summed E-state index contributed by atoms with van der Waals surface area (Å²) in [6, 6.07) is 0. The third kappa shape index (κ3) is 3.34. The van der Waals surface area contributed by atoms with Gasteiger partial charge < -0.3 is 15.3 Å². The topological polar surface area (TPSA) is 61.3 Å². The maximum Gasteiger partial charge on any atom is 0.224 e. The molecule has 0 saturated heterocycles. The largest absolute Gasteiger partial charge is 0.392 e. The number of nitrogens with one attached hydrogen (secondary N) is 1. The van der Waals surface area contributed by atoms with Gasteiger partial charge in [0.15, 0.2) is 0 Å². The number of aryl methyl sites for hydroxylation is 1. The van der Waals surface area contributed by atoms with E-state index in [2.05, 4.69) is 15.3 Å². The van der Waals surface area contributed by atoms with E-state index >= 15 is 0 Å². The SMILES string of the molecule is CCNc1ncc(C)c(N(C)CC(C)O)n1. The quantitative estimate of drug-likeness (QED) is 0.782. The van der Waals surface area contributed by atoms with E-state index in [4.69, 9.17) is 0 Å². The summed E-state index contributed by atoms with van der Waals surface area (Å²) >= 11 is 0. The van der Waals surface area contributed by atoms with Gasteiger partial charge in [0.1, 0.15) is 5.82 Å². The van der Waals surface area contributed by atoms with Crippen LogP contribution in [-0.2, 0) is 0 Å². The van der Waals surface area contributed by atoms with E-state index in [1.165, 1.54) is 0 Å². The van der Waals surface area contributed by atoms with Crippen molar-refractivity contribution in [3.63, 3.8) is 0 Å². The monoisotopic (exact) mass is 224 g/mol. The summed E-state index contributed by atoms with van der Waals surface area (Å²) in [6.07, 6.45) is 1.42. The zero-order chi connectivity index (χ0) is 12.1. The van der Waals surface area contributed by atoms with Crippen LogP contribution in [0.15, 0.2) is 6.20 Å². The van der Waals surface area contributed by atoms with Gasteiger partial charge in [-0.1, -0.05) is 0 Å². The molecular formula is C11H20N4O. The Balaban J connectivity index is 2.88. The molecule has 5 heteroatoms. The van der Waals surface area contributed by atoms with E-state index in [-0.39, 0.29) is 6.10 Å². The molecule has 1 aromatic heterocycles. The van der Waals surface area contributed by atoms with E-state index in [0.717, 1.165) is 17.9 Å². The number of aliphatic hydroxyl groups excluding tert-OH is 1. The molecule has 0 bridgehead atoms. The van der Waals surface area contributed by atoms with Crippen LogP contribution in [0.1, 0.15) is 19.4 Å². The van der Waals surface area contributed by atoms with Crippen molar-refractivity contribution < 1.29 is 5.11 Å². The van der Waals surface area contributed by atoms with E-state index < -0.39 is 0 Å². The van der Waals surface area contributed by atoms with Crippen molar-refractivity contribution in [2.45, 2.75) is 26.9 Å². The third-order valence-electron chi connectivity index (χ3n) is 2.18. The molecule has 2 N–H and O–H groups in total. The normalized spacial score (nSPS) is 12.3. The fourth-order valence-corrected chi connectivity index (χ4v) is 1.55. The number of rotatable bonds is 5. The number of anilines is 2. The van der Waals surface area contributed by atoms with Crippen molar-refractivity contribution in [2.75, 3.05) is 30.4 Å². The highest BCUT2D eigenvalue weighted by Gasteiger charge is 2.10. The highest BCUT2D eigenvalue weighted by Crippen LogP contribution is 2.16. The lowest BCUT2D eigenvalue weighted by molar-refractivity contribution is 0.201. The van der Waals surface area contributed by atoms with Crippen molar-refractivity contribution in [1.29, 1.82) is 0 Å². The standard InChI is InChI=1S/C11H20N4O/c1-5-12-11-13-6-8(2)10(14-11)15(4)7-9(3)16/h6,9,16H,5,7H2,1-4H3,(H,12,13,14). The summed E-state index contributed by atoms with van der Waals surface area (Å²) in [5, 5.41) is 12.4. The summed E-state index contributed by atoms with van der Waals surface area (Å²) in [7, 11) is 1.91. The molecule has 1 unspecified atom stereocenters. The highest BCUT2D eigenvalue weighted by atomic mass is 16.3. The maximum atomic E-state index is 9.35. The second-order valence-corrected chi connectivity index (χ2v) is 3.96. The Morgan fingerprint density at radius 3 is 2.81 bits per heavy atom. The van der Waals surface area contributed by atoms with E-state index in [9.17, 15) is 5.11 Å².